The SMILES string of the molecule is O=C1CC[C@H](/C=C/[C@@H](O)Cc2ccc(F)cc2)N1Cc1ccc(CCCO)s1. The van der Waals surface area contributed by atoms with Crippen LogP contribution in [0.1, 0.15) is 34.6 Å². The van der Waals surface area contributed by atoms with Gasteiger partial charge in [-0.05, 0) is 49.1 Å². The predicted octanol–water partition coefficient (Wildman–Crippen LogP) is 3.46. The van der Waals surface area contributed by atoms with E-state index in [0.717, 1.165) is 29.7 Å². The molecule has 0 saturated carbocycles. The largest absolute Gasteiger partial charge is 0.396 e. The zero-order valence-corrected chi connectivity index (χ0v) is 16.6. The van der Waals surface area contributed by atoms with E-state index in [-0.39, 0.29) is 24.4 Å². The van der Waals surface area contributed by atoms with Crippen molar-refractivity contribution in [2.24, 2.45) is 0 Å². The molecule has 0 unspecified atom stereocenters. The van der Waals surface area contributed by atoms with Crippen molar-refractivity contribution < 1.29 is 19.4 Å². The molecule has 2 N–H and O–H groups in total. The number of rotatable bonds is 9. The van der Waals surface area contributed by atoms with Gasteiger partial charge in [-0.15, -0.1) is 11.3 Å². The third kappa shape index (κ3) is 5.74. The summed E-state index contributed by atoms with van der Waals surface area (Å²) in [5.41, 5.74) is 0.867. The van der Waals surface area contributed by atoms with Crippen molar-refractivity contribution in [2.75, 3.05) is 6.61 Å². The molecule has 0 bridgehead atoms. The van der Waals surface area contributed by atoms with Gasteiger partial charge in [0.15, 0.2) is 0 Å². The van der Waals surface area contributed by atoms with Crippen molar-refractivity contribution in [1.29, 1.82) is 0 Å². The van der Waals surface area contributed by atoms with Crippen molar-refractivity contribution in [2.45, 2.75) is 50.8 Å². The highest BCUT2D eigenvalue weighted by Crippen LogP contribution is 2.26. The fraction of sp³-hybridized carbons (Fsp3) is 0.409. The maximum absolute atomic E-state index is 13.0. The molecule has 2 heterocycles. The van der Waals surface area contributed by atoms with E-state index >= 15 is 0 Å². The minimum Gasteiger partial charge on any atom is -0.396 e. The van der Waals surface area contributed by atoms with Gasteiger partial charge >= 0.3 is 0 Å². The molecule has 28 heavy (non-hydrogen) atoms. The number of benzene rings is 1. The van der Waals surface area contributed by atoms with E-state index in [2.05, 4.69) is 6.07 Å². The van der Waals surface area contributed by atoms with Crippen LogP contribution in [0, 0.1) is 5.82 Å². The van der Waals surface area contributed by atoms with Crippen LogP contribution in [0.15, 0.2) is 48.6 Å². The van der Waals surface area contributed by atoms with Gasteiger partial charge in [-0.2, -0.15) is 0 Å². The van der Waals surface area contributed by atoms with Crippen LogP contribution in [0.4, 0.5) is 4.39 Å². The van der Waals surface area contributed by atoms with Crippen molar-refractivity contribution in [3.8, 4) is 0 Å². The van der Waals surface area contributed by atoms with Crippen LogP contribution >= 0.6 is 11.3 Å². The Balaban J connectivity index is 1.57. The summed E-state index contributed by atoms with van der Waals surface area (Å²) < 4.78 is 13.0. The van der Waals surface area contributed by atoms with Gasteiger partial charge in [-0.25, -0.2) is 4.39 Å². The quantitative estimate of drug-likeness (QED) is 0.631. The molecule has 3 rings (SSSR count). The number of likely N-dealkylation sites (tertiary alicyclic amines) is 1. The van der Waals surface area contributed by atoms with E-state index in [4.69, 9.17) is 5.11 Å². The second kappa shape index (κ2) is 9.96. The van der Waals surface area contributed by atoms with E-state index < -0.39 is 6.10 Å². The highest BCUT2D eigenvalue weighted by molar-refractivity contribution is 7.11. The second-order valence-corrected chi connectivity index (χ2v) is 8.36. The number of nitrogens with zero attached hydrogens (tertiary/aromatic N) is 1. The molecule has 150 valence electrons. The number of aliphatic hydroxyl groups is 2. The first-order chi connectivity index (χ1) is 13.5. The second-order valence-electron chi connectivity index (χ2n) is 7.11. The molecule has 1 amide bonds. The van der Waals surface area contributed by atoms with Gasteiger partial charge in [0.25, 0.3) is 0 Å². The number of amides is 1. The Morgan fingerprint density at radius 3 is 2.71 bits per heavy atom. The van der Waals surface area contributed by atoms with E-state index in [1.807, 2.05) is 17.0 Å². The first kappa shape index (κ1) is 20.7. The van der Waals surface area contributed by atoms with Gasteiger partial charge in [0.05, 0.1) is 18.7 Å². The number of carbonyl (C=O) groups excluding carboxylic acids is 1. The fourth-order valence-corrected chi connectivity index (χ4v) is 4.47. The van der Waals surface area contributed by atoms with Crippen molar-refractivity contribution >= 4 is 17.2 Å². The fourth-order valence-electron chi connectivity index (χ4n) is 3.41. The third-order valence-electron chi connectivity index (χ3n) is 4.91. The zero-order valence-electron chi connectivity index (χ0n) is 15.8. The van der Waals surface area contributed by atoms with Crippen molar-refractivity contribution in [1.82, 2.24) is 4.90 Å². The molecular formula is C22H26FNO3S. The number of hydrogen-bond acceptors (Lipinski definition) is 4. The lowest BCUT2D eigenvalue weighted by Crippen LogP contribution is -2.31. The van der Waals surface area contributed by atoms with Crippen LogP contribution in [0.25, 0.3) is 0 Å². The highest BCUT2D eigenvalue weighted by Gasteiger charge is 2.29. The Morgan fingerprint density at radius 1 is 1.21 bits per heavy atom. The summed E-state index contributed by atoms with van der Waals surface area (Å²) >= 11 is 1.68. The lowest BCUT2D eigenvalue weighted by Gasteiger charge is -2.22. The average molecular weight is 404 g/mol. The number of hydrogen-bond donors (Lipinski definition) is 2. The summed E-state index contributed by atoms with van der Waals surface area (Å²) in [5, 5.41) is 19.2. The molecule has 1 aromatic carbocycles. The molecule has 1 fully saturated rings. The molecule has 2 aromatic rings. The third-order valence-corrected chi connectivity index (χ3v) is 6.04. The Bertz CT molecular complexity index is 802. The van der Waals surface area contributed by atoms with Crippen LogP contribution in [0.5, 0.6) is 0 Å². The molecule has 6 heteroatoms. The monoisotopic (exact) mass is 403 g/mol. The standard InChI is InChI=1S/C22H26FNO3S/c23-17-5-3-16(4-6-17)14-19(26)9-7-18-8-12-22(27)24(18)15-21-11-10-20(28-21)2-1-13-25/h3-7,9-11,18-19,25-26H,1-2,8,12-15H2/b9-7+/t18-,19+/m0/s1. The number of carbonyl (C=O) groups is 1. The smallest absolute Gasteiger partial charge is 0.223 e. The first-order valence-corrected chi connectivity index (χ1v) is 10.5. The predicted molar refractivity (Wildman–Crippen MR) is 109 cm³/mol. The zero-order chi connectivity index (χ0) is 19.9. The highest BCUT2D eigenvalue weighted by atomic mass is 32.1. The molecule has 2 atom stereocenters. The molecule has 0 radical (unpaired) electrons. The molecule has 0 aliphatic carbocycles. The van der Waals surface area contributed by atoms with Crippen molar-refractivity contribution in [3.05, 3.63) is 69.7 Å². The normalized spacial score (nSPS) is 18.3. The van der Waals surface area contributed by atoms with Crippen LogP contribution < -0.4 is 0 Å². The summed E-state index contributed by atoms with van der Waals surface area (Å²) in [4.78, 5) is 16.5. The van der Waals surface area contributed by atoms with Gasteiger partial charge < -0.3 is 15.1 Å². The van der Waals surface area contributed by atoms with Gasteiger partial charge in [0, 0.05) is 29.2 Å². The lowest BCUT2D eigenvalue weighted by atomic mass is 10.1. The number of thiophene rings is 1. The topological polar surface area (TPSA) is 60.8 Å². The van der Waals surface area contributed by atoms with Gasteiger partial charge in [0.2, 0.25) is 5.91 Å². The van der Waals surface area contributed by atoms with E-state index in [1.165, 1.54) is 17.0 Å². The maximum Gasteiger partial charge on any atom is 0.223 e. The number of aliphatic hydroxyl groups excluding tert-OH is 2. The summed E-state index contributed by atoms with van der Waals surface area (Å²) in [6, 6.07) is 10.2. The first-order valence-electron chi connectivity index (χ1n) is 9.64. The molecule has 4 nitrogen and oxygen atoms in total. The van der Waals surface area contributed by atoms with E-state index in [1.54, 1.807) is 29.5 Å². The van der Waals surface area contributed by atoms with E-state index in [9.17, 15) is 14.3 Å². The minimum absolute atomic E-state index is 0.0154. The summed E-state index contributed by atoms with van der Waals surface area (Å²) in [7, 11) is 0. The Kier molecular flexibility index (Phi) is 7.36. The minimum atomic E-state index is -0.671. The van der Waals surface area contributed by atoms with Gasteiger partial charge in [-0.3, -0.25) is 4.79 Å². The average Bonchev–Trinajstić information content (AvgIpc) is 3.28. The van der Waals surface area contributed by atoms with Crippen LogP contribution in [-0.4, -0.2) is 39.8 Å². The summed E-state index contributed by atoms with van der Waals surface area (Å²) in [5.74, 6) is -0.157. The maximum atomic E-state index is 13.0. The Morgan fingerprint density at radius 2 is 1.96 bits per heavy atom. The molecule has 0 spiro atoms. The number of halogens is 1. The molecular weight excluding hydrogens is 377 g/mol. The Hall–Kier alpha value is -2.02. The number of aryl methyl sites for hydroxylation is 1. The summed E-state index contributed by atoms with van der Waals surface area (Å²) in [6.45, 7) is 0.761. The van der Waals surface area contributed by atoms with Crippen LogP contribution in [-0.2, 0) is 24.2 Å². The molecule has 1 aliphatic rings. The van der Waals surface area contributed by atoms with E-state index in [0.29, 0.717) is 19.4 Å². The van der Waals surface area contributed by atoms with Gasteiger partial charge in [0.1, 0.15) is 5.82 Å². The molecule has 1 saturated heterocycles. The molecule has 1 aliphatic heterocycles. The van der Waals surface area contributed by atoms with Crippen LogP contribution in [0.3, 0.4) is 0 Å². The van der Waals surface area contributed by atoms with Crippen molar-refractivity contribution in [3.63, 3.8) is 0 Å². The van der Waals surface area contributed by atoms with Crippen LogP contribution in [0.2, 0.25) is 0 Å². The lowest BCUT2D eigenvalue weighted by molar-refractivity contribution is -0.128. The molecule has 1 aromatic heterocycles. The summed E-state index contributed by atoms with van der Waals surface area (Å²) in [6.07, 6.45) is 6.27. The Labute approximate surface area is 168 Å². The van der Waals surface area contributed by atoms with Gasteiger partial charge in [-0.1, -0.05) is 24.3 Å².